The molecule has 1 N–H and O–H groups in total. The smallest absolute Gasteiger partial charge is 0.0471 e. The number of pyridine rings is 2. The number of aromatic nitrogens is 3. The Bertz CT molecular complexity index is 1080. The molecule has 118 valence electrons. The predicted molar refractivity (Wildman–Crippen MR) is 102 cm³/mol. The first-order valence-electron chi connectivity index (χ1n) is 8.25. The highest BCUT2D eigenvalue weighted by Crippen LogP contribution is 2.31. The number of H-pyrrole nitrogens is 1. The van der Waals surface area contributed by atoms with Gasteiger partial charge in [0.2, 0.25) is 0 Å². The maximum Gasteiger partial charge on any atom is 0.0471 e. The Morgan fingerprint density at radius 2 is 1.08 bits per heavy atom. The Labute approximate surface area is 145 Å². The second-order valence-corrected chi connectivity index (χ2v) is 6.13. The van der Waals surface area contributed by atoms with Crippen LogP contribution in [0.5, 0.6) is 0 Å². The molecule has 0 aliphatic rings. The van der Waals surface area contributed by atoms with Crippen LogP contribution in [-0.4, -0.2) is 15.0 Å². The van der Waals surface area contributed by atoms with Crippen molar-refractivity contribution in [2.75, 3.05) is 0 Å². The van der Waals surface area contributed by atoms with Crippen molar-refractivity contribution in [3.8, 4) is 22.3 Å². The number of nitrogens with zero attached hydrogens (tertiary/aromatic N) is 2. The van der Waals surface area contributed by atoms with E-state index < -0.39 is 0 Å². The van der Waals surface area contributed by atoms with E-state index in [1.54, 1.807) is 12.4 Å². The molecule has 25 heavy (non-hydrogen) atoms. The Hall–Kier alpha value is -3.46. The minimum absolute atomic E-state index is 1.12. The lowest BCUT2D eigenvalue weighted by Gasteiger charge is -2.01. The van der Waals surface area contributed by atoms with Crippen LogP contribution in [0, 0.1) is 0 Å². The van der Waals surface area contributed by atoms with E-state index in [9.17, 15) is 0 Å². The minimum Gasteiger partial charge on any atom is -0.354 e. The van der Waals surface area contributed by atoms with E-state index in [2.05, 4.69) is 63.5 Å². The van der Waals surface area contributed by atoms with Gasteiger partial charge in [0.05, 0.1) is 0 Å². The number of rotatable bonds is 2. The molecule has 0 spiro atoms. The highest BCUT2D eigenvalue weighted by molar-refractivity contribution is 6.09. The summed E-state index contributed by atoms with van der Waals surface area (Å²) in [6, 6.07) is 21.1. The lowest BCUT2D eigenvalue weighted by atomic mass is 10.0. The molecule has 0 unspecified atom stereocenters. The lowest BCUT2D eigenvalue weighted by molar-refractivity contribution is 1.33. The highest BCUT2D eigenvalue weighted by Gasteiger charge is 2.08. The summed E-state index contributed by atoms with van der Waals surface area (Å²) >= 11 is 0. The molecule has 0 aliphatic carbocycles. The Morgan fingerprint density at radius 1 is 0.560 bits per heavy atom. The van der Waals surface area contributed by atoms with E-state index in [-0.39, 0.29) is 0 Å². The van der Waals surface area contributed by atoms with Gasteiger partial charge >= 0.3 is 0 Å². The third-order valence-corrected chi connectivity index (χ3v) is 4.59. The van der Waals surface area contributed by atoms with Gasteiger partial charge in [0.15, 0.2) is 0 Å². The SMILES string of the molecule is c1cncc(-c2ccc3c(c2)[nH]c2cc(-c4cccnc4)ccc23)c1. The molecule has 5 rings (SSSR count). The zero-order valence-corrected chi connectivity index (χ0v) is 13.5. The summed E-state index contributed by atoms with van der Waals surface area (Å²) in [6.45, 7) is 0. The maximum absolute atomic E-state index is 4.21. The van der Waals surface area contributed by atoms with Crippen LogP contribution in [0.4, 0.5) is 0 Å². The Morgan fingerprint density at radius 3 is 1.52 bits per heavy atom. The fourth-order valence-electron chi connectivity index (χ4n) is 3.34. The van der Waals surface area contributed by atoms with Crippen LogP contribution in [0.1, 0.15) is 0 Å². The summed E-state index contributed by atoms with van der Waals surface area (Å²) in [6.07, 6.45) is 7.38. The highest BCUT2D eigenvalue weighted by atomic mass is 14.7. The van der Waals surface area contributed by atoms with Crippen molar-refractivity contribution < 1.29 is 0 Å². The second-order valence-electron chi connectivity index (χ2n) is 6.13. The molecule has 0 saturated heterocycles. The van der Waals surface area contributed by atoms with E-state index >= 15 is 0 Å². The number of nitrogens with one attached hydrogen (secondary N) is 1. The van der Waals surface area contributed by atoms with Crippen LogP contribution in [0.25, 0.3) is 44.1 Å². The molecule has 3 nitrogen and oxygen atoms in total. The van der Waals surface area contributed by atoms with Crippen molar-refractivity contribution in [1.82, 2.24) is 15.0 Å². The molecule has 3 aromatic heterocycles. The van der Waals surface area contributed by atoms with Gasteiger partial charge in [0.1, 0.15) is 0 Å². The van der Waals surface area contributed by atoms with Crippen molar-refractivity contribution in [3.63, 3.8) is 0 Å². The van der Waals surface area contributed by atoms with Crippen LogP contribution >= 0.6 is 0 Å². The van der Waals surface area contributed by atoms with E-state index in [4.69, 9.17) is 0 Å². The molecule has 5 aromatic rings. The topological polar surface area (TPSA) is 41.6 Å². The van der Waals surface area contributed by atoms with Gasteiger partial charge in [-0.05, 0) is 35.4 Å². The molecular weight excluding hydrogens is 306 g/mol. The van der Waals surface area contributed by atoms with Crippen LogP contribution in [0.2, 0.25) is 0 Å². The standard InChI is InChI=1S/C22H15N3/c1-3-17(13-23-9-1)15-5-7-19-20-8-6-16(18-4-2-10-24-14-18)12-22(20)25-21(19)11-15/h1-14,25H. The molecule has 3 heterocycles. The predicted octanol–water partition coefficient (Wildman–Crippen LogP) is 5.45. The number of hydrogen-bond donors (Lipinski definition) is 1. The first-order valence-corrected chi connectivity index (χ1v) is 8.25. The van der Waals surface area contributed by atoms with Crippen molar-refractivity contribution in [3.05, 3.63) is 85.5 Å². The third kappa shape index (κ3) is 2.37. The fraction of sp³-hybridized carbons (Fsp3) is 0. The maximum atomic E-state index is 4.21. The van der Waals surface area contributed by atoms with Gasteiger partial charge in [0, 0.05) is 57.7 Å². The first kappa shape index (κ1) is 13.9. The molecule has 3 heteroatoms. The Balaban J connectivity index is 1.67. The average Bonchev–Trinajstić information content (AvgIpc) is 3.06. The van der Waals surface area contributed by atoms with Gasteiger partial charge in [-0.3, -0.25) is 9.97 Å². The van der Waals surface area contributed by atoms with Gasteiger partial charge in [-0.15, -0.1) is 0 Å². The van der Waals surface area contributed by atoms with Crippen molar-refractivity contribution in [2.24, 2.45) is 0 Å². The van der Waals surface area contributed by atoms with Crippen LogP contribution in [0.3, 0.4) is 0 Å². The molecule has 0 bridgehead atoms. The third-order valence-electron chi connectivity index (χ3n) is 4.59. The average molecular weight is 321 g/mol. The molecule has 0 amide bonds. The quantitative estimate of drug-likeness (QED) is 0.470. The molecule has 0 saturated carbocycles. The second kappa shape index (κ2) is 5.56. The van der Waals surface area contributed by atoms with Crippen LogP contribution < -0.4 is 0 Å². The fourth-order valence-corrected chi connectivity index (χ4v) is 3.34. The van der Waals surface area contributed by atoms with Crippen molar-refractivity contribution >= 4 is 21.8 Å². The summed E-state index contributed by atoms with van der Waals surface area (Å²) in [5.41, 5.74) is 6.86. The van der Waals surface area contributed by atoms with E-state index in [0.717, 1.165) is 22.2 Å². The Kier molecular flexibility index (Phi) is 3.10. The molecule has 0 fully saturated rings. The molecule has 2 aromatic carbocycles. The van der Waals surface area contributed by atoms with E-state index in [1.165, 1.54) is 21.9 Å². The summed E-state index contributed by atoms with van der Waals surface area (Å²) < 4.78 is 0. The molecule has 0 radical (unpaired) electrons. The van der Waals surface area contributed by atoms with Gasteiger partial charge in [-0.25, -0.2) is 0 Å². The van der Waals surface area contributed by atoms with Crippen LogP contribution in [0.15, 0.2) is 85.5 Å². The number of aromatic amines is 1. The molecular formula is C22H15N3. The van der Waals surface area contributed by atoms with Gasteiger partial charge < -0.3 is 4.98 Å². The first-order chi connectivity index (χ1) is 12.4. The van der Waals surface area contributed by atoms with Gasteiger partial charge in [-0.2, -0.15) is 0 Å². The number of fused-ring (bicyclic) bond motifs is 3. The van der Waals surface area contributed by atoms with E-state index in [0.29, 0.717) is 0 Å². The summed E-state index contributed by atoms with van der Waals surface area (Å²) in [7, 11) is 0. The normalized spacial score (nSPS) is 11.2. The van der Waals surface area contributed by atoms with E-state index in [1.807, 2.05) is 24.5 Å². The molecule has 0 aliphatic heterocycles. The van der Waals surface area contributed by atoms with Crippen LogP contribution in [-0.2, 0) is 0 Å². The van der Waals surface area contributed by atoms with Gasteiger partial charge in [-0.1, -0.05) is 36.4 Å². The molecule has 0 atom stereocenters. The largest absolute Gasteiger partial charge is 0.354 e. The lowest BCUT2D eigenvalue weighted by Crippen LogP contribution is -1.79. The van der Waals surface area contributed by atoms with Crippen molar-refractivity contribution in [2.45, 2.75) is 0 Å². The number of benzene rings is 2. The monoisotopic (exact) mass is 321 g/mol. The summed E-state index contributed by atoms with van der Waals surface area (Å²) in [5, 5.41) is 2.47. The number of hydrogen-bond acceptors (Lipinski definition) is 2. The van der Waals surface area contributed by atoms with Gasteiger partial charge in [0.25, 0.3) is 0 Å². The minimum atomic E-state index is 1.12. The summed E-state index contributed by atoms with van der Waals surface area (Å²) in [4.78, 5) is 12.0. The summed E-state index contributed by atoms with van der Waals surface area (Å²) in [5.74, 6) is 0. The zero-order chi connectivity index (χ0) is 16.6. The zero-order valence-electron chi connectivity index (χ0n) is 13.5. The van der Waals surface area contributed by atoms with Crippen molar-refractivity contribution in [1.29, 1.82) is 0 Å².